The summed E-state index contributed by atoms with van der Waals surface area (Å²) in [5.74, 6) is 1.60. The minimum Gasteiger partial charge on any atom is -0.414 e. The Morgan fingerprint density at radius 1 is 1.35 bits per heavy atom. The van der Waals surface area contributed by atoms with E-state index in [0.29, 0.717) is 5.22 Å². The van der Waals surface area contributed by atoms with E-state index in [0.717, 1.165) is 24.6 Å². The SMILES string of the molecule is Cc1ccc(C)c(CSc2nnc([C@@H]3CCCN3)o2)c1. The normalized spacial score (nSPS) is 18.6. The summed E-state index contributed by atoms with van der Waals surface area (Å²) in [5.41, 5.74) is 3.92. The van der Waals surface area contributed by atoms with E-state index >= 15 is 0 Å². The summed E-state index contributed by atoms with van der Waals surface area (Å²) >= 11 is 1.61. The maximum Gasteiger partial charge on any atom is 0.276 e. The first-order valence-corrected chi connectivity index (χ1v) is 7.96. The fourth-order valence-electron chi connectivity index (χ4n) is 2.41. The number of thioether (sulfide) groups is 1. The van der Waals surface area contributed by atoms with E-state index < -0.39 is 0 Å². The Morgan fingerprint density at radius 3 is 3.05 bits per heavy atom. The number of hydrogen-bond acceptors (Lipinski definition) is 5. The minimum absolute atomic E-state index is 0.248. The van der Waals surface area contributed by atoms with E-state index in [1.54, 1.807) is 11.8 Å². The van der Waals surface area contributed by atoms with Crippen LogP contribution in [0.3, 0.4) is 0 Å². The summed E-state index contributed by atoms with van der Waals surface area (Å²) in [6.45, 7) is 5.29. The predicted molar refractivity (Wildman–Crippen MR) is 79.8 cm³/mol. The summed E-state index contributed by atoms with van der Waals surface area (Å²) in [6.07, 6.45) is 2.27. The second kappa shape index (κ2) is 5.97. The molecule has 5 heteroatoms. The number of aromatic nitrogens is 2. The summed E-state index contributed by atoms with van der Waals surface area (Å²) in [5, 5.41) is 12.3. The third kappa shape index (κ3) is 3.04. The molecule has 1 saturated heterocycles. The van der Waals surface area contributed by atoms with Crippen molar-refractivity contribution in [1.29, 1.82) is 0 Å². The van der Waals surface area contributed by atoms with E-state index in [-0.39, 0.29) is 6.04 Å². The summed E-state index contributed by atoms with van der Waals surface area (Å²) in [4.78, 5) is 0. The number of benzene rings is 1. The van der Waals surface area contributed by atoms with Crippen LogP contribution in [0.4, 0.5) is 0 Å². The molecule has 1 aliphatic heterocycles. The van der Waals surface area contributed by atoms with Crippen molar-refractivity contribution in [3.63, 3.8) is 0 Å². The van der Waals surface area contributed by atoms with Crippen molar-refractivity contribution in [3.05, 3.63) is 40.8 Å². The average molecular weight is 289 g/mol. The van der Waals surface area contributed by atoms with Gasteiger partial charge in [0.1, 0.15) is 0 Å². The summed E-state index contributed by atoms with van der Waals surface area (Å²) < 4.78 is 5.74. The van der Waals surface area contributed by atoms with Gasteiger partial charge in [-0.25, -0.2) is 0 Å². The lowest BCUT2D eigenvalue weighted by Gasteiger charge is -2.05. The smallest absolute Gasteiger partial charge is 0.276 e. The van der Waals surface area contributed by atoms with E-state index in [9.17, 15) is 0 Å². The molecule has 1 aromatic heterocycles. The van der Waals surface area contributed by atoms with Crippen LogP contribution in [0.25, 0.3) is 0 Å². The van der Waals surface area contributed by atoms with Gasteiger partial charge in [-0.3, -0.25) is 0 Å². The molecule has 2 aromatic rings. The Morgan fingerprint density at radius 2 is 2.25 bits per heavy atom. The van der Waals surface area contributed by atoms with Crippen LogP contribution < -0.4 is 5.32 Å². The van der Waals surface area contributed by atoms with Gasteiger partial charge in [0.15, 0.2) is 0 Å². The van der Waals surface area contributed by atoms with Gasteiger partial charge in [-0.15, -0.1) is 10.2 Å². The molecule has 0 radical (unpaired) electrons. The number of rotatable bonds is 4. The van der Waals surface area contributed by atoms with Gasteiger partial charge < -0.3 is 9.73 Å². The number of aryl methyl sites for hydroxylation is 2. The Balaban J connectivity index is 1.64. The van der Waals surface area contributed by atoms with Crippen LogP contribution in [0.5, 0.6) is 0 Å². The van der Waals surface area contributed by atoms with E-state index in [1.165, 1.54) is 23.1 Å². The number of nitrogens with one attached hydrogen (secondary N) is 1. The van der Waals surface area contributed by atoms with Crippen LogP contribution in [0.15, 0.2) is 27.8 Å². The molecule has 0 unspecified atom stereocenters. The number of hydrogen-bond donors (Lipinski definition) is 1. The molecule has 20 heavy (non-hydrogen) atoms. The highest BCUT2D eigenvalue weighted by Gasteiger charge is 2.22. The molecule has 4 nitrogen and oxygen atoms in total. The van der Waals surface area contributed by atoms with Gasteiger partial charge in [0.25, 0.3) is 5.22 Å². The topological polar surface area (TPSA) is 51.0 Å². The lowest BCUT2D eigenvalue weighted by atomic mass is 10.1. The van der Waals surface area contributed by atoms with Crippen LogP contribution in [0.1, 0.15) is 41.5 Å². The number of nitrogens with zero attached hydrogens (tertiary/aromatic N) is 2. The molecule has 1 aliphatic rings. The first-order valence-electron chi connectivity index (χ1n) is 6.98. The Kier molecular flexibility index (Phi) is 4.08. The molecule has 1 fully saturated rings. The van der Waals surface area contributed by atoms with Gasteiger partial charge >= 0.3 is 0 Å². The Bertz CT molecular complexity index is 591. The van der Waals surface area contributed by atoms with Gasteiger partial charge in [0, 0.05) is 5.75 Å². The molecule has 0 saturated carbocycles. The highest BCUT2D eigenvalue weighted by Crippen LogP contribution is 2.27. The average Bonchev–Trinajstić information content (AvgIpc) is 3.09. The van der Waals surface area contributed by atoms with Crippen molar-refractivity contribution < 1.29 is 4.42 Å². The molecule has 1 N–H and O–H groups in total. The van der Waals surface area contributed by atoms with Crippen molar-refractivity contribution in [2.45, 2.75) is 43.7 Å². The molecule has 0 spiro atoms. The van der Waals surface area contributed by atoms with Gasteiger partial charge in [0.2, 0.25) is 5.89 Å². The highest BCUT2D eigenvalue weighted by atomic mass is 32.2. The largest absolute Gasteiger partial charge is 0.414 e. The fraction of sp³-hybridized carbons (Fsp3) is 0.467. The Hall–Kier alpha value is -1.33. The Labute approximate surface area is 123 Å². The maximum absolute atomic E-state index is 5.74. The zero-order chi connectivity index (χ0) is 13.9. The lowest BCUT2D eigenvalue weighted by molar-refractivity contribution is 0.374. The third-order valence-electron chi connectivity index (χ3n) is 3.64. The minimum atomic E-state index is 0.248. The first-order chi connectivity index (χ1) is 9.72. The van der Waals surface area contributed by atoms with Crippen LogP contribution >= 0.6 is 11.8 Å². The molecular formula is C15H19N3OS. The standard InChI is InChI=1S/C15H19N3OS/c1-10-5-6-11(2)12(8-10)9-20-15-18-17-14(19-15)13-4-3-7-16-13/h5-6,8,13,16H,3-4,7,9H2,1-2H3/t13-/m0/s1. The quantitative estimate of drug-likeness (QED) is 0.874. The fourth-order valence-corrected chi connectivity index (χ4v) is 3.24. The molecule has 1 aromatic carbocycles. The first kappa shape index (κ1) is 13.6. The zero-order valence-electron chi connectivity index (χ0n) is 11.8. The lowest BCUT2D eigenvalue weighted by Crippen LogP contribution is -2.12. The predicted octanol–water partition coefficient (Wildman–Crippen LogP) is 3.40. The van der Waals surface area contributed by atoms with Crippen molar-refractivity contribution in [2.75, 3.05) is 6.54 Å². The van der Waals surface area contributed by atoms with Gasteiger partial charge in [-0.2, -0.15) is 0 Å². The van der Waals surface area contributed by atoms with Crippen LogP contribution in [-0.2, 0) is 5.75 Å². The van der Waals surface area contributed by atoms with Crippen molar-refractivity contribution >= 4 is 11.8 Å². The second-order valence-corrected chi connectivity index (χ2v) is 6.20. The zero-order valence-corrected chi connectivity index (χ0v) is 12.7. The van der Waals surface area contributed by atoms with E-state index in [4.69, 9.17) is 4.42 Å². The molecule has 106 valence electrons. The summed E-state index contributed by atoms with van der Waals surface area (Å²) in [7, 11) is 0. The molecule has 0 aliphatic carbocycles. The van der Waals surface area contributed by atoms with Crippen molar-refractivity contribution in [2.24, 2.45) is 0 Å². The molecular weight excluding hydrogens is 270 g/mol. The van der Waals surface area contributed by atoms with Crippen LogP contribution in [0, 0.1) is 13.8 Å². The molecule has 3 rings (SSSR count). The highest BCUT2D eigenvalue weighted by molar-refractivity contribution is 7.98. The van der Waals surface area contributed by atoms with Crippen LogP contribution in [0.2, 0.25) is 0 Å². The van der Waals surface area contributed by atoms with Crippen LogP contribution in [-0.4, -0.2) is 16.7 Å². The van der Waals surface area contributed by atoms with E-state index in [1.807, 2.05) is 0 Å². The van der Waals surface area contributed by atoms with E-state index in [2.05, 4.69) is 47.6 Å². The molecule has 2 heterocycles. The van der Waals surface area contributed by atoms with Gasteiger partial charge in [0.05, 0.1) is 6.04 Å². The monoisotopic (exact) mass is 289 g/mol. The summed E-state index contributed by atoms with van der Waals surface area (Å²) in [6, 6.07) is 6.77. The molecule has 0 amide bonds. The second-order valence-electron chi connectivity index (χ2n) is 5.27. The van der Waals surface area contributed by atoms with Gasteiger partial charge in [-0.1, -0.05) is 35.5 Å². The van der Waals surface area contributed by atoms with Crippen molar-refractivity contribution in [3.8, 4) is 0 Å². The molecule has 0 bridgehead atoms. The maximum atomic E-state index is 5.74. The molecule has 1 atom stereocenters. The third-order valence-corrected chi connectivity index (χ3v) is 4.50. The van der Waals surface area contributed by atoms with Gasteiger partial charge in [-0.05, 0) is 44.4 Å². The van der Waals surface area contributed by atoms with Crippen molar-refractivity contribution in [1.82, 2.24) is 15.5 Å².